The Morgan fingerprint density at radius 2 is 1.81 bits per heavy atom. The lowest BCUT2D eigenvalue weighted by atomic mass is 10.1. The Bertz CT molecular complexity index is 707. The van der Waals surface area contributed by atoms with Crippen LogP contribution in [-0.2, 0) is 4.74 Å². The molecule has 0 saturated heterocycles. The third-order valence-electron chi connectivity index (χ3n) is 3.42. The van der Waals surface area contributed by atoms with Gasteiger partial charge in [0.05, 0.1) is 5.69 Å². The predicted octanol–water partition coefficient (Wildman–Crippen LogP) is 4.49. The molecule has 106 valence electrons. The second kappa shape index (κ2) is 5.66. The maximum absolute atomic E-state index is 11.9. The fraction of sp³-hybridized carbons (Fsp3) is 0.118. The van der Waals surface area contributed by atoms with Crippen LogP contribution in [0, 0.1) is 0 Å². The molecule has 3 rings (SSSR count). The minimum atomic E-state index is -0.360. The highest BCUT2D eigenvalue weighted by Crippen LogP contribution is 2.34. The van der Waals surface area contributed by atoms with Gasteiger partial charge >= 0.3 is 6.09 Å². The molecule has 2 aromatic rings. The van der Waals surface area contributed by atoms with E-state index < -0.39 is 0 Å². The quantitative estimate of drug-likeness (QED) is 0.765. The van der Waals surface area contributed by atoms with Crippen molar-refractivity contribution in [3.63, 3.8) is 0 Å². The number of para-hydroxylation sites is 1. The van der Waals surface area contributed by atoms with Crippen LogP contribution in [-0.4, -0.2) is 19.4 Å². The lowest BCUT2D eigenvalue weighted by Crippen LogP contribution is -2.31. The van der Waals surface area contributed by atoms with Gasteiger partial charge in [-0.05, 0) is 42.2 Å². The number of fused-ring (bicyclic) bond motifs is 1. The summed E-state index contributed by atoms with van der Waals surface area (Å²) in [5.74, 6) is 0.589. The Labute approximate surface area is 128 Å². The van der Waals surface area contributed by atoms with Crippen molar-refractivity contribution in [2.45, 2.75) is 4.90 Å². The van der Waals surface area contributed by atoms with Gasteiger partial charge in [-0.1, -0.05) is 24.3 Å². The van der Waals surface area contributed by atoms with E-state index in [0.29, 0.717) is 5.76 Å². The highest BCUT2D eigenvalue weighted by atomic mass is 32.2. The van der Waals surface area contributed by atoms with Crippen molar-refractivity contribution in [2.75, 3.05) is 18.2 Å². The highest BCUT2D eigenvalue weighted by Gasteiger charge is 2.25. The van der Waals surface area contributed by atoms with E-state index in [4.69, 9.17) is 4.74 Å². The van der Waals surface area contributed by atoms with E-state index in [2.05, 4.69) is 12.1 Å². The van der Waals surface area contributed by atoms with Crippen LogP contribution in [0.1, 0.15) is 11.1 Å². The maximum Gasteiger partial charge on any atom is 0.419 e. The normalized spacial score (nSPS) is 15.8. The minimum Gasteiger partial charge on any atom is -0.409 e. The van der Waals surface area contributed by atoms with E-state index in [1.165, 1.54) is 9.80 Å². The standard InChI is InChI=1S/C17H15NO2S/c1-18-15-6-4-3-5-14(15)16(20-17(18)19)11-12-7-9-13(21-2)10-8-12/h3-11H,1-2H3/b16-11-. The molecule has 0 atom stereocenters. The Hall–Kier alpha value is -2.20. The van der Waals surface area contributed by atoms with Gasteiger partial charge in [0.15, 0.2) is 0 Å². The molecular weight excluding hydrogens is 282 g/mol. The van der Waals surface area contributed by atoms with Crippen molar-refractivity contribution in [1.82, 2.24) is 0 Å². The average molecular weight is 297 g/mol. The number of hydrogen-bond donors (Lipinski definition) is 0. The Kier molecular flexibility index (Phi) is 3.71. The summed E-state index contributed by atoms with van der Waals surface area (Å²) >= 11 is 1.70. The molecule has 0 aliphatic carbocycles. The zero-order chi connectivity index (χ0) is 14.8. The van der Waals surface area contributed by atoms with Gasteiger partial charge < -0.3 is 4.74 Å². The number of carbonyl (C=O) groups excluding carboxylic acids is 1. The summed E-state index contributed by atoms with van der Waals surface area (Å²) in [6.45, 7) is 0. The van der Waals surface area contributed by atoms with E-state index in [-0.39, 0.29) is 6.09 Å². The lowest BCUT2D eigenvalue weighted by molar-refractivity contribution is 0.199. The predicted molar refractivity (Wildman–Crippen MR) is 87.4 cm³/mol. The monoisotopic (exact) mass is 297 g/mol. The van der Waals surface area contributed by atoms with Crippen LogP contribution in [0.3, 0.4) is 0 Å². The van der Waals surface area contributed by atoms with Gasteiger partial charge in [-0.15, -0.1) is 11.8 Å². The third kappa shape index (κ3) is 2.67. The van der Waals surface area contributed by atoms with Gasteiger partial charge in [-0.2, -0.15) is 0 Å². The van der Waals surface area contributed by atoms with Gasteiger partial charge in [0.1, 0.15) is 5.76 Å². The van der Waals surface area contributed by atoms with Gasteiger partial charge in [0.25, 0.3) is 0 Å². The van der Waals surface area contributed by atoms with E-state index in [9.17, 15) is 4.79 Å². The fourth-order valence-electron chi connectivity index (χ4n) is 2.25. The molecule has 0 radical (unpaired) electrons. The summed E-state index contributed by atoms with van der Waals surface area (Å²) in [6.07, 6.45) is 3.58. The van der Waals surface area contributed by atoms with Crippen molar-refractivity contribution in [2.24, 2.45) is 0 Å². The molecule has 21 heavy (non-hydrogen) atoms. The minimum absolute atomic E-state index is 0.360. The molecule has 0 N–H and O–H groups in total. The average Bonchev–Trinajstić information content (AvgIpc) is 2.53. The first-order chi connectivity index (χ1) is 10.2. The summed E-state index contributed by atoms with van der Waals surface area (Å²) in [6, 6.07) is 15.9. The Morgan fingerprint density at radius 3 is 2.52 bits per heavy atom. The third-order valence-corrected chi connectivity index (χ3v) is 4.16. The molecular formula is C17H15NO2S. The van der Waals surface area contributed by atoms with Crippen LogP contribution in [0.4, 0.5) is 10.5 Å². The maximum atomic E-state index is 11.9. The topological polar surface area (TPSA) is 29.5 Å². The first kappa shape index (κ1) is 13.8. The summed E-state index contributed by atoms with van der Waals surface area (Å²) in [5, 5.41) is 0. The number of rotatable bonds is 2. The number of hydrogen-bond acceptors (Lipinski definition) is 3. The zero-order valence-electron chi connectivity index (χ0n) is 11.9. The van der Waals surface area contributed by atoms with Crippen LogP contribution in [0.2, 0.25) is 0 Å². The molecule has 4 heteroatoms. The second-order valence-corrected chi connectivity index (χ2v) is 5.61. The van der Waals surface area contributed by atoms with E-state index in [1.807, 2.05) is 48.7 Å². The molecule has 0 spiro atoms. The van der Waals surface area contributed by atoms with E-state index >= 15 is 0 Å². The van der Waals surface area contributed by atoms with E-state index in [0.717, 1.165) is 16.8 Å². The Balaban J connectivity index is 2.03. The molecule has 2 aromatic carbocycles. The number of thioether (sulfide) groups is 1. The zero-order valence-corrected chi connectivity index (χ0v) is 12.7. The van der Waals surface area contributed by atoms with Crippen LogP contribution in [0.25, 0.3) is 11.8 Å². The fourth-order valence-corrected chi connectivity index (χ4v) is 2.66. The molecule has 0 saturated carbocycles. The van der Waals surface area contributed by atoms with Crippen molar-refractivity contribution in [1.29, 1.82) is 0 Å². The summed E-state index contributed by atoms with van der Waals surface area (Å²) in [7, 11) is 1.71. The van der Waals surface area contributed by atoms with Gasteiger partial charge in [0, 0.05) is 17.5 Å². The molecule has 1 amide bonds. The van der Waals surface area contributed by atoms with Crippen LogP contribution in [0.15, 0.2) is 53.4 Å². The molecule has 3 nitrogen and oxygen atoms in total. The summed E-state index contributed by atoms with van der Waals surface area (Å²) in [5.41, 5.74) is 2.80. The highest BCUT2D eigenvalue weighted by molar-refractivity contribution is 7.98. The molecule has 0 fully saturated rings. The van der Waals surface area contributed by atoms with Gasteiger partial charge in [-0.25, -0.2) is 4.79 Å². The number of anilines is 1. The van der Waals surface area contributed by atoms with Crippen LogP contribution in [0.5, 0.6) is 0 Å². The SMILES string of the molecule is CSc1ccc(/C=C2\OC(=O)N(C)c3ccccc32)cc1. The molecule has 1 aliphatic heterocycles. The smallest absolute Gasteiger partial charge is 0.409 e. The van der Waals surface area contributed by atoms with Crippen molar-refractivity contribution < 1.29 is 9.53 Å². The number of nitrogens with zero attached hydrogens (tertiary/aromatic N) is 1. The number of benzene rings is 2. The lowest BCUT2D eigenvalue weighted by Gasteiger charge is -2.26. The van der Waals surface area contributed by atoms with E-state index in [1.54, 1.807) is 18.8 Å². The second-order valence-electron chi connectivity index (χ2n) is 4.73. The van der Waals surface area contributed by atoms with Gasteiger partial charge in [-0.3, -0.25) is 4.90 Å². The molecule has 0 aromatic heterocycles. The number of ether oxygens (including phenoxy) is 1. The summed E-state index contributed by atoms with van der Waals surface area (Å²) in [4.78, 5) is 14.6. The largest absolute Gasteiger partial charge is 0.419 e. The first-order valence-corrected chi connectivity index (χ1v) is 7.82. The summed E-state index contributed by atoms with van der Waals surface area (Å²) < 4.78 is 5.43. The molecule has 0 unspecified atom stereocenters. The molecule has 0 bridgehead atoms. The number of cyclic esters (lactones) is 1. The first-order valence-electron chi connectivity index (χ1n) is 6.60. The molecule has 1 heterocycles. The molecule has 1 aliphatic rings. The van der Waals surface area contributed by atoms with Crippen molar-refractivity contribution in [3.05, 3.63) is 59.7 Å². The Morgan fingerprint density at radius 1 is 1.10 bits per heavy atom. The van der Waals surface area contributed by atoms with Gasteiger partial charge in [0.2, 0.25) is 0 Å². The number of amides is 1. The van der Waals surface area contributed by atoms with Crippen LogP contribution >= 0.6 is 11.8 Å². The van der Waals surface area contributed by atoms with Crippen molar-refractivity contribution in [3.8, 4) is 0 Å². The van der Waals surface area contributed by atoms with Crippen molar-refractivity contribution >= 4 is 35.4 Å². The number of carbonyl (C=O) groups is 1. The van der Waals surface area contributed by atoms with Crippen LogP contribution < -0.4 is 4.90 Å².